The van der Waals surface area contributed by atoms with Crippen LogP contribution in [0.15, 0.2) is 36.9 Å². The van der Waals surface area contributed by atoms with Crippen molar-refractivity contribution in [2.75, 3.05) is 20.3 Å². The second-order valence-corrected chi connectivity index (χ2v) is 6.42. The second kappa shape index (κ2) is 8.64. The third-order valence-corrected chi connectivity index (χ3v) is 4.41. The summed E-state index contributed by atoms with van der Waals surface area (Å²) in [5.41, 5.74) is 3.07. The molecule has 1 N–H and O–H groups in total. The predicted octanol–water partition coefficient (Wildman–Crippen LogP) is 2.64. The Bertz CT molecular complexity index is 1140. The number of esters is 2. The number of fused-ring (bicyclic) bond motifs is 1. The Morgan fingerprint density at radius 3 is 2.53 bits per heavy atom. The maximum atomic E-state index is 12.2. The van der Waals surface area contributed by atoms with Gasteiger partial charge < -0.3 is 19.3 Å². The molecule has 0 amide bonds. The van der Waals surface area contributed by atoms with Crippen molar-refractivity contribution in [3.05, 3.63) is 53.6 Å². The molecule has 0 aliphatic carbocycles. The Morgan fingerprint density at radius 1 is 1.13 bits per heavy atom. The number of carbonyl (C=O) groups excluding carboxylic acids is 2. The van der Waals surface area contributed by atoms with Gasteiger partial charge >= 0.3 is 11.9 Å². The molecule has 2 aromatic carbocycles. The maximum Gasteiger partial charge on any atom is 0.338 e. The first-order chi connectivity index (χ1) is 14.3. The molecule has 0 saturated carbocycles. The van der Waals surface area contributed by atoms with Crippen LogP contribution in [-0.2, 0) is 14.3 Å². The zero-order valence-electron chi connectivity index (χ0n) is 16.8. The Morgan fingerprint density at radius 2 is 1.83 bits per heavy atom. The van der Waals surface area contributed by atoms with Crippen molar-refractivity contribution in [1.82, 2.24) is 15.0 Å². The summed E-state index contributed by atoms with van der Waals surface area (Å²) in [4.78, 5) is 24.5. The number of hydrogen-bond acceptors (Lipinski definition) is 8. The number of aryl methyl sites for hydroxylation is 1. The molecule has 3 aromatic rings. The topological polar surface area (TPSA) is 113 Å². The zero-order valence-corrected chi connectivity index (χ0v) is 16.8. The van der Waals surface area contributed by atoms with E-state index in [0.717, 1.165) is 11.6 Å². The SMILES string of the molecule is C=CC(=O)OCCOC(=O)c1ccc2nn(-c3cc(C)c(OC)c(C)c3O)nc2c1. The molecular formula is C21H21N3O6. The largest absolute Gasteiger partial charge is 0.505 e. The van der Waals surface area contributed by atoms with Gasteiger partial charge in [-0.1, -0.05) is 6.58 Å². The Kier molecular flexibility index (Phi) is 6.01. The summed E-state index contributed by atoms with van der Waals surface area (Å²) in [6, 6.07) is 6.45. The number of nitrogens with zero attached hydrogens (tertiary/aromatic N) is 3. The van der Waals surface area contributed by atoms with Crippen LogP contribution in [0.1, 0.15) is 21.5 Å². The monoisotopic (exact) mass is 411 g/mol. The van der Waals surface area contributed by atoms with Crippen LogP contribution in [0.3, 0.4) is 0 Å². The number of methoxy groups -OCH3 is 1. The van der Waals surface area contributed by atoms with E-state index in [9.17, 15) is 14.7 Å². The van der Waals surface area contributed by atoms with Gasteiger partial charge in [0, 0.05) is 11.6 Å². The quantitative estimate of drug-likeness (QED) is 0.359. The smallest absolute Gasteiger partial charge is 0.338 e. The van der Waals surface area contributed by atoms with Gasteiger partial charge in [-0.3, -0.25) is 0 Å². The number of aromatic nitrogens is 3. The van der Waals surface area contributed by atoms with E-state index in [1.807, 2.05) is 6.92 Å². The van der Waals surface area contributed by atoms with E-state index in [2.05, 4.69) is 16.8 Å². The summed E-state index contributed by atoms with van der Waals surface area (Å²) in [5.74, 6) is -0.570. The van der Waals surface area contributed by atoms with Crippen LogP contribution in [0.4, 0.5) is 0 Å². The summed E-state index contributed by atoms with van der Waals surface area (Å²) in [5, 5.41) is 19.3. The summed E-state index contributed by atoms with van der Waals surface area (Å²) < 4.78 is 15.1. The van der Waals surface area contributed by atoms with Crippen molar-refractivity contribution >= 4 is 23.0 Å². The highest BCUT2D eigenvalue weighted by molar-refractivity contribution is 5.93. The first-order valence-electron chi connectivity index (χ1n) is 9.06. The standard InChI is InChI=1S/C21H21N3O6/c1-5-18(25)29-8-9-30-21(27)14-6-7-15-16(11-14)23-24(22-15)17-10-12(2)20(28-4)13(3)19(17)26/h5-7,10-11,26H,1,8-9H2,2-4H3. The molecule has 1 heterocycles. The number of phenols is 1. The highest BCUT2D eigenvalue weighted by atomic mass is 16.6. The van der Waals surface area contributed by atoms with Crippen LogP contribution in [0.2, 0.25) is 0 Å². The van der Waals surface area contributed by atoms with Crippen molar-refractivity contribution in [3.63, 3.8) is 0 Å². The molecule has 0 aliphatic rings. The predicted molar refractivity (Wildman–Crippen MR) is 108 cm³/mol. The minimum absolute atomic E-state index is 0.00598. The molecule has 0 fully saturated rings. The minimum Gasteiger partial charge on any atom is -0.505 e. The summed E-state index contributed by atoms with van der Waals surface area (Å²) >= 11 is 0. The molecule has 0 saturated heterocycles. The van der Waals surface area contributed by atoms with Crippen LogP contribution in [0, 0.1) is 13.8 Å². The van der Waals surface area contributed by atoms with Gasteiger partial charge in [-0.2, -0.15) is 0 Å². The maximum absolute atomic E-state index is 12.2. The van der Waals surface area contributed by atoms with E-state index in [1.165, 1.54) is 10.9 Å². The van der Waals surface area contributed by atoms with Gasteiger partial charge in [0.15, 0.2) is 0 Å². The molecule has 3 rings (SSSR count). The molecular weight excluding hydrogens is 390 g/mol. The number of ether oxygens (including phenoxy) is 3. The fourth-order valence-corrected chi connectivity index (χ4v) is 2.97. The van der Waals surface area contributed by atoms with E-state index in [4.69, 9.17) is 14.2 Å². The molecule has 0 unspecified atom stereocenters. The summed E-state index contributed by atoms with van der Waals surface area (Å²) in [6.45, 7) is 6.74. The molecule has 0 bridgehead atoms. The lowest BCUT2D eigenvalue weighted by Gasteiger charge is -2.13. The van der Waals surface area contributed by atoms with Gasteiger partial charge in [-0.25, -0.2) is 9.59 Å². The van der Waals surface area contributed by atoms with Crippen LogP contribution >= 0.6 is 0 Å². The number of carbonyl (C=O) groups is 2. The number of rotatable bonds is 7. The lowest BCUT2D eigenvalue weighted by Crippen LogP contribution is -2.12. The van der Waals surface area contributed by atoms with Gasteiger partial charge in [0.25, 0.3) is 0 Å². The Hall–Kier alpha value is -3.88. The molecule has 0 radical (unpaired) electrons. The fourth-order valence-electron chi connectivity index (χ4n) is 2.97. The van der Waals surface area contributed by atoms with Gasteiger partial charge in [0.1, 0.15) is 41.4 Å². The fraction of sp³-hybridized carbons (Fsp3) is 0.238. The third kappa shape index (κ3) is 4.09. The van der Waals surface area contributed by atoms with Crippen molar-refractivity contribution < 1.29 is 28.9 Å². The number of phenolic OH excluding ortho intramolecular Hbond substituents is 1. The summed E-state index contributed by atoms with van der Waals surface area (Å²) in [6.07, 6.45) is 1.03. The molecule has 0 atom stereocenters. The number of aromatic hydroxyl groups is 1. The summed E-state index contributed by atoms with van der Waals surface area (Å²) in [7, 11) is 1.54. The van der Waals surface area contributed by atoms with E-state index < -0.39 is 11.9 Å². The van der Waals surface area contributed by atoms with E-state index in [1.54, 1.807) is 32.2 Å². The highest BCUT2D eigenvalue weighted by Crippen LogP contribution is 2.35. The van der Waals surface area contributed by atoms with Crippen molar-refractivity contribution in [2.45, 2.75) is 13.8 Å². The Balaban J connectivity index is 1.82. The lowest BCUT2D eigenvalue weighted by atomic mass is 10.1. The highest BCUT2D eigenvalue weighted by Gasteiger charge is 2.17. The first-order valence-corrected chi connectivity index (χ1v) is 9.06. The average Bonchev–Trinajstić information content (AvgIpc) is 3.16. The van der Waals surface area contributed by atoms with Crippen LogP contribution in [0.25, 0.3) is 16.7 Å². The lowest BCUT2D eigenvalue weighted by molar-refractivity contribution is -0.138. The van der Waals surface area contributed by atoms with Crippen molar-refractivity contribution in [1.29, 1.82) is 0 Å². The van der Waals surface area contributed by atoms with Crippen LogP contribution < -0.4 is 4.74 Å². The molecule has 156 valence electrons. The molecule has 1 aromatic heterocycles. The van der Waals surface area contributed by atoms with Gasteiger partial charge in [0.05, 0.1) is 12.7 Å². The third-order valence-electron chi connectivity index (χ3n) is 4.41. The van der Waals surface area contributed by atoms with E-state index >= 15 is 0 Å². The molecule has 9 heteroatoms. The Labute approximate surface area is 172 Å². The molecule has 30 heavy (non-hydrogen) atoms. The van der Waals surface area contributed by atoms with E-state index in [-0.39, 0.29) is 24.5 Å². The van der Waals surface area contributed by atoms with Gasteiger partial charge in [-0.05, 0) is 43.7 Å². The first kappa shape index (κ1) is 20.8. The van der Waals surface area contributed by atoms with Crippen molar-refractivity contribution in [2.24, 2.45) is 0 Å². The average molecular weight is 411 g/mol. The zero-order chi connectivity index (χ0) is 21.8. The second-order valence-electron chi connectivity index (χ2n) is 6.42. The van der Waals surface area contributed by atoms with Crippen LogP contribution in [0.5, 0.6) is 11.5 Å². The number of hydrogen-bond donors (Lipinski definition) is 1. The molecule has 0 spiro atoms. The molecule has 9 nitrogen and oxygen atoms in total. The van der Waals surface area contributed by atoms with Gasteiger partial charge in [0.2, 0.25) is 0 Å². The number of benzene rings is 2. The van der Waals surface area contributed by atoms with Crippen LogP contribution in [-0.4, -0.2) is 52.4 Å². The normalized spacial score (nSPS) is 10.6. The van der Waals surface area contributed by atoms with Crippen molar-refractivity contribution in [3.8, 4) is 17.2 Å². The van der Waals surface area contributed by atoms with Gasteiger partial charge in [-0.15, -0.1) is 15.0 Å². The van der Waals surface area contributed by atoms with E-state index in [0.29, 0.717) is 28.0 Å². The molecule has 0 aliphatic heterocycles. The minimum atomic E-state index is -0.587.